The highest BCUT2D eigenvalue weighted by atomic mass is 79.9. The first-order valence-electron chi connectivity index (χ1n) is 7.15. The number of halogens is 2. The number of nitrogens with zero attached hydrogens (tertiary/aromatic N) is 1. The van der Waals surface area contributed by atoms with Crippen LogP contribution in [0.1, 0.15) is 12.5 Å². The van der Waals surface area contributed by atoms with E-state index in [4.69, 9.17) is 9.47 Å². The lowest BCUT2D eigenvalue weighted by molar-refractivity contribution is -0.151. The normalized spacial score (nSPS) is 18.2. The smallest absolute Gasteiger partial charge is 0.331 e. The molecule has 1 fully saturated rings. The number of carbonyl (C=O) groups is 2. The largest absolute Gasteiger partial charge is 0.452 e. The molecule has 0 aliphatic carbocycles. The van der Waals surface area contributed by atoms with Crippen LogP contribution in [0.4, 0.5) is 4.39 Å². The van der Waals surface area contributed by atoms with Gasteiger partial charge < -0.3 is 14.4 Å². The molecule has 0 radical (unpaired) electrons. The number of ether oxygens (including phenoxy) is 2. The standard InChI is InChI=1S/C16H17BrFNO4/c1-11-9-19(6-7-22-11)15(20)10-23-16(21)5-2-12-8-13(17)3-4-14(12)18/h2-5,8,11H,6-7,9-10H2,1H3/b5-2+. The van der Waals surface area contributed by atoms with Crippen LogP contribution in [0.3, 0.4) is 0 Å². The van der Waals surface area contributed by atoms with Crippen molar-refractivity contribution in [1.82, 2.24) is 4.90 Å². The molecule has 0 spiro atoms. The topological polar surface area (TPSA) is 55.8 Å². The van der Waals surface area contributed by atoms with E-state index in [1.165, 1.54) is 12.1 Å². The van der Waals surface area contributed by atoms with Gasteiger partial charge in [0.25, 0.3) is 5.91 Å². The third-order valence-corrected chi connectivity index (χ3v) is 3.78. The van der Waals surface area contributed by atoms with E-state index in [9.17, 15) is 14.0 Å². The monoisotopic (exact) mass is 385 g/mol. The number of morpholine rings is 1. The van der Waals surface area contributed by atoms with Crippen molar-refractivity contribution in [3.05, 3.63) is 40.1 Å². The number of benzene rings is 1. The summed E-state index contributed by atoms with van der Waals surface area (Å²) in [4.78, 5) is 25.1. The highest BCUT2D eigenvalue weighted by molar-refractivity contribution is 9.10. The van der Waals surface area contributed by atoms with Crippen LogP contribution < -0.4 is 0 Å². The summed E-state index contributed by atoms with van der Waals surface area (Å²) >= 11 is 3.22. The van der Waals surface area contributed by atoms with Crippen LogP contribution in [0.25, 0.3) is 6.08 Å². The van der Waals surface area contributed by atoms with Crippen molar-refractivity contribution in [3.63, 3.8) is 0 Å². The zero-order chi connectivity index (χ0) is 16.8. The Bertz CT molecular complexity index is 620. The van der Waals surface area contributed by atoms with E-state index in [-0.39, 0.29) is 24.2 Å². The van der Waals surface area contributed by atoms with Crippen LogP contribution in [0.2, 0.25) is 0 Å². The van der Waals surface area contributed by atoms with Crippen LogP contribution in [-0.4, -0.2) is 49.2 Å². The summed E-state index contributed by atoms with van der Waals surface area (Å²) < 4.78 is 24.4. The number of rotatable bonds is 4. The van der Waals surface area contributed by atoms with E-state index in [1.807, 2.05) is 6.92 Å². The molecule has 1 aromatic carbocycles. The first kappa shape index (κ1) is 17.6. The number of amides is 1. The Balaban J connectivity index is 1.83. The fourth-order valence-electron chi connectivity index (χ4n) is 2.12. The van der Waals surface area contributed by atoms with Gasteiger partial charge in [-0.2, -0.15) is 0 Å². The molecule has 124 valence electrons. The molecule has 1 heterocycles. The Morgan fingerprint density at radius 3 is 3.04 bits per heavy atom. The number of hydrogen-bond acceptors (Lipinski definition) is 4. The van der Waals surface area contributed by atoms with E-state index < -0.39 is 11.8 Å². The van der Waals surface area contributed by atoms with Crippen LogP contribution in [0, 0.1) is 5.82 Å². The molecule has 1 amide bonds. The average molecular weight is 386 g/mol. The van der Waals surface area contributed by atoms with Crippen molar-refractivity contribution >= 4 is 33.9 Å². The Hall–Kier alpha value is -1.73. The molecule has 1 aromatic rings. The molecular weight excluding hydrogens is 369 g/mol. The van der Waals surface area contributed by atoms with E-state index in [0.29, 0.717) is 24.2 Å². The van der Waals surface area contributed by atoms with Crippen molar-refractivity contribution in [2.75, 3.05) is 26.3 Å². The highest BCUT2D eigenvalue weighted by Gasteiger charge is 2.21. The zero-order valence-electron chi connectivity index (χ0n) is 12.6. The molecule has 1 unspecified atom stereocenters. The lowest BCUT2D eigenvalue weighted by Gasteiger charge is -2.30. The lowest BCUT2D eigenvalue weighted by atomic mass is 10.2. The molecule has 0 bridgehead atoms. The van der Waals surface area contributed by atoms with Gasteiger partial charge >= 0.3 is 5.97 Å². The molecule has 1 atom stereocenters. The second kappa shape index (κ2) is 8.21. The summed E-state index contributed by atoms with van der Waals surface area (Å²) in [5, 5.41) is 0. The third kappa shape index (κ3) is 5.44. The zero-order valence-corrected chi connectivity index (χ0v) is 14.2. The van der Waals surface area contributed by atoms with Crippen LogP contribution in [-0.2, 0) is 19.1 Å². The van der Waals surface area contributed by atoms with E-state index >= 15 is 0 Å². The van der Waals surface area contributed by atoms with Crippen molar-refractivity contribution < 1.29 is 23.5 Å². The molecule has 1 aliphatic heterocycles. The number of esters is 1. The predicted molar refractivity (Wildman–Crippen MR) is 86.1 cm³/mol. The Kier molecular flexibility index (Phi) is 6.29. The average Bonchev–Trinajstić information content (AvgIpc) is 2.53. The molecule has 23 heavy (non-hydrogen) atoms. The van der Waals surface area contributed by atoms with Gasteiger partial charge in [0.05, 0.1) is 12.7 Å². The fraction of sp³-hybridized carbons (Fsp3) is 0.375. The molecule has 7 heteroatoms. The molecule has 1 saturated heterocycles. The minimum atomic E-state index is -0.695. The Morgan fingerprint density at radius 1 is 1.52 bits per heavy atom. The van der Waals surface area contributed by atoms with Crippen LogP contribution in [0.5, 0.6) is 0 Å². The van der Waals surface area contributed by atoms with Gasteiger partial charge in [0.15, 0.2) is 6.61 Å². The van der Waals surface area contributed by atoms with Crippen LogP contribution >= 0.6 is 15.9 Å². The van der Waals surface area contributed by atoms with E-state index in [1.54, 1.807) is 17.0 Å². The van der Waals surface area contributed by atoms with E-state index in [0.717, 1.165) is 6.08 Å². The molecule has 2 rings (SSSR count). The SMILES string of the molecule is CC1CN(C(=O)COC(=O)/C=C/c2cc(Br)ccc2F)CCO1. The molecular formula is C16H17BrFNO4. The maximum atomic E-state index is 13.5. The van der Waals surface area contributed by atoms with Gasteiger partial charge in [0, 0.05) is 29.2 Å². The van der Waals surface area contributed by atoms with E-state index in [2.05, 4.69) is 15.9 Å². The fourth-order valence-corrected chi connectivity index (χ4v) is 2.50. The second-order valence-electron chi connectivity index (χ2n) is 5.13. The van der Waals surface area contributed by atoms with Crippen molar-refractivity contribution in [1.29, 1.82) is 0 Å². The van der Waals surface area contributed by atoms with Gasteiger partial charge in [-0.1, -0.05) is 15.9 Å². The van der Waals surface area contributed by atoms with Gasteiger partial charge in [0.1, 0.15) is 5.82 Å². The molecule has 1 aliphatic rings. The van der Waals surface area contributed by atoms with Crippen molar-refractivity contribution in [3.8, 4) is 0 Å². The van der Waals surface area contributed by atoms with Crippen LogP contribution in [0.15, 0.2) is 28.7 Å². The molecule has 0 aromatic heterocycles. The lowest BCUT2D eigenvalue weighted by Crippen LogP contribution is -2.46. The Morgan fingerprint density at radius 2 is 2.30 bits per heavy atom. The highest BCUT2D eigenvalue weighted by Crippen LogP contribution is 2.16. The summed E-state index contributed by atoms with van der Waals surface area (Å²) in [6, 6.07) is 4.39. The molecule has 0 saturated carbocycles. The van der Waals surface area contributed by atoms with Gasteiger partial charge in [-0.25, -0.2) is 9.18 Å². The Labute approximate surface area is 142 Å². The summed E-state index contributed by atoms with van der Waals surface area (Å²) in [6.07, 6.45) is 2.38. The van der Waals surface area contributed by atoms with Crippen molar-refractivity contribution in [2.45, 2.75) is 13.0 Å². The molecule has 5 nitrogen and oxygen atoms in total. The van der Waals surface area contributed by atoms with Gasteiger partial charge in [-0.3, -0.25) is 4.79 Å². The minimum absolute atomic E-state index is 0.0252. The summed E-state index contributed by atoms with van der Waals surface area (Å²) in [5.41, 5.74) is 0.254. The second-order valence-corrected chi connectivity index (χ2v) is 6.04. The maximum absolute atomic E-state index is 13.5. The summed E-state index contributed by atoms with van der Waals surface area (Å²) in [7, 11) is 0. The quantitative estimate of drug-likeness (QED) is 0.589. The first-order chi connectivity index (χ1) is 11.0. The molecule has 0 N–H and O–H groups in total. The van der Waals surface area contributed by atoms with Gasteiger partial charge in [-0.15, -0.1) is 0 Å². The first-order valence-corrected chi connectivity index (χ1v) is 7.94. The van der Waals surface area contributed by atoms with Crippen molar-refractivity contribution in [2.24, 2.45) is 0 Å². The van der Waals surface area contributed by atoms with Gasteiger partial charge in [-0.05, 0) is 31.2 Å². The van der Waals surface area contributed by atoms with Gasteiger partial charge in [0.2, 0.25) is 0 Å². The predicted octanol–water partition coefficient (Wildman–Crippen LogP) is 2.39. The summed E-state index contributed by atoms with van der Waals surface area (Å²) in [6.45, 7) is 2.98. The number of hydrogen-bond donors (Lipinski definition) is 0. The maximum Gasteiger partial charge on any atom is 0.331 e. The minimum Gasteiger partial charge on any atom is -0.452 e. The summed E-state index contributed by atoms with van der Waals surface area (Å²) in [5.74, 6) is -1.41. The number of carbonyl (C=O) groups excluding carboxylic acids is 2. The third-order valence-electron chi connectivity index (χ3n) is 3.29.